The maximum atomic E-state index is 14.0. The third-order valence-corrected chi connectivity index (χ3v) is 3.59. The van der Waals surface area contributed by atoms with Crippen molar-refractivity contribution in [3.8, 4) is 0 Å². The van der Waals surface area contributed by atoms with Crippen LogP contribution in [0.5, 0.6) is 0 Å². The van der Waals surface area contributed by atoms with Crippen LogP contribution in [0.1, 0.15) is 24.1 Å². The van der Waals surface area contributed by atoms with Crippen LogP contribution < -0.4 is 5.32 Å². The van der Waals surface area contributed by atoms with Crippen molar-refractivity contribution < 1.29 is 8.78 Å². The van der Waals surface area contributed by atoms with Gasteiger partial charge in [-0.1, -0.05) is 40.5 Å². The molecule has 0 heterocycles. The van der Waals surface area contributed by atoms with Gasteiger partial charge in [0.25, 0.3) is 0 Å². The van der Waals surface area contributed by atoms with E-state index in [0.29, 0.717) is 17.1 Å². The van der Waals surface area contributed by atoms with Crippen molar-refractivity contribution in [2.45, 2.75) is 13.0 Å². The molecule has 2 aromatic carbocycles. The minimum Gasteiger partial charge on any atom is -0.306 e. The molecule has 0 fully saturated rings. The molecule has 0 saturated carbocycles. The van der Waals surface area contributed by atoms with Crippen molar-refractivity contribution in [1.29, 1.82) is 0 Å². The fourth-order valence-electron chi connectivity index (χ4n) is 2.12. The average Bonchev–Trinajstić information content (AvgIpc) is 2.36. The van der Waals surface area contributed by atoms with Crippen LogP contribution in [0.25, 0.3) is 0 Å². The Morgan fingerprint density at radius 3 is 2.40 bits per heavy atom. The second kappa shape index (κ2) is 6.66. The average molecular weight is 361 g/mol. The summed E-state index contributed by atoms with van der Waals surface area (Å²) in [5, 5.41) is 3.60. The molecule has 0 bridgehead atoms. The van der Waals surface area contributed by atoms with E-state index < -0.39 is 17.7 Å². The lowest BCUT2D eigenvalue weighted by Crippen LogP contribution is -2.24. The Morgan fingerprint density at radius 1 is 1.20 bits per heavy atom. The van der Waals surface area contributed by atoms with Crippen molar-refractivity contribution in [3.63, 3.8) is 0 Å². The Labute approximate surface area is 130 Å². The molecule has 0 saturated heterocycles. The molecule has 0 spiro atoms. The Bertz CT molecular complexity index is 578. The summed E-state index contributed by atoms with van der Waals surface area (Å²) in [6.45, 7) is 2.45. The predicted molar refractivity (Wildman–Crippen MR) is 81.0 cm³/mol. The molecular formula is C15H13BrClF2N. The van der Waals surface area contributed by atoms with E-state index in [4.69, 9.17) is 11.6 Å². The van der Waals surface area contributed by atoms with Crippen molar-refractivity contribution in [1.82, 2.24) is 5.32 Å². The highest BCUT2D eigenvalue weighted by atomic mass is 79.9. The zero-order chi connectivity index (χ0) is 14.7. The highest BCUT2D eigenvalue weighted by molar-refractivity contribution is 9.10. The number of halogens is 4. The summed E-state index contributed by atoms with van der Waals surface area (Å²) in [5.74, 6) is -1.15. The Hall–Kier alpha value is -0.970. The first-order valence-corrected chi connectivity index (χ1v) is 7.33. The molecule has 0 radical (unpaired) electrons. The van der Waals surface area contributed by atoms with Crippen LogP contribution in [-0.2, 0) is 0 Å². The summed E-state index contributed by atoms with van der Waals surface area (Å²) in [7, 11) is 0. The quantitative estimate of drug-likeness (QED) is 0.802. The molecule has 1 N–H and O–H groups in total. The lowest BCUT2D eigenvalue weighted by molar-refractivity contribution is 0.510. The van der Waals surface area contributed by atoms with Crippen LogP contribution in [0.3, 0.4) is 0 Å². The largest absolute Gasteiger partial charge is 0.306 e. The van der Waals surface area contributed by atoms with Crippen molar-refractivity contribution in [2.75, 3.05) is 6.54 Å². The SMILES string of the molecule is CCNC(c1cc(Cl)cc(Br)c1)c1c(F)cccc1F. The van der Waals surface area contributed by atoms with E-state index in [1.54, 1.807) is 18.2 Å². The number of hydrogen-bond donors (Lipinski definition) is 1. The molecule has 1 unspecified atom stereocenters. The monoisotopic (exact) mass is 359 g/mol. The molecule has 0 aliphatic carbocycles. The lowest BCUT2D eigenvalue weighted by Gasteiger charge is -2.20. The highest BCUT2D eigenvalue weighted by Crippen LogP contribution is 2.30. The fraction of sp³-hybridized carbons (Fsp3) is 0.200. The molecule has 0 aliphatic heterocycles. The van der Waals surface area contributed by atoms with E-state index in [1.807, 2.05) is 6.92 Å². The molecule has 2 aromatic rings. The molecule has 1 atom stereocenters. The number of benzene rings is 2. The minimum atomic E-state index is -0.587. The van der Waals surface area contributed by atoms with Crippen LogP contribution in [-0.4, -0.2) is 6.54 Å². The van der Waals surface area contributed by atoms with Gasteiger partial charge in [0.1, 0.15) is 11.6 Å². The minimum absolute atomic E-state index is 0.00326. The summed E-state index contributed by atoms with van der Waals surface area (Å²) in [5.41, 5.74) is 0.707. The van der Waals surface area contributed by atoms with Gasteiger partial charge in [-0.05, 0) is 42.4 Å². The topological polar surface area (TPSA) is 12.0 Å². The zero-order valence-corrected chi connectivity index (χ0v) is 13.1. The van der Waals surface area contributed by atoms with Crippen LogP contribution in [0.15, 0.2) is 40.9 Å². The van der Waals surface area contributed by atoms with E-state index in [-0.39, 0.29) is 5.56 Å². The Balaban J connectivity index is 2.56. The van der Waals surface area contributed by atoms with Crippen molar-refractivity contribution in [2.24, 2.45) is 0 Å². The second-order valence-electron chi connectivity index (χ2n) is 4.33. The van der Waals surface area contributed by atoms with Gasteiger partial charge in [-0.2, -0.15) is 0 Å². The summed E-state index contributed by atoms with van der Waals surface area (Å²) in [6, 6.07) is 8.49. The highest BCUT2D eigenvalue weighted by Gasteiger charge is 2.21. The van der Waals surface area contributed by atoms with Gasteiger partial charge in [0.05, 0.1) is 6.04 Å². The summed E-state index contributed by atoms with van der Waals surface area (Å²) in [6.07, 6.45) is 0. The number of nitrogens with one attached hydrogen (secondary N) is 1. The van der Waals surface area contributed by atoms with Gasteiger partial charge in [-0.25, -0.2) is 8.78 Å². The maximum absolute atomic E-state index is 14.0. The summed E-state index contributed by atoms with van der Waals surface area (Å²) in [4.78, 5) is 0. The predicted octanol–water partition coefficient (Wildman–Crippen LogP) is 5.08. The van der Waals surface area contributed by atoms with Crippen LogP contribution in [0.4, 0.5) is 8.78 Å². The van der Waals surface area contributed by atoms with Crippen LogP contribution >= 0.6 is 27.5 Å². The van der Waals surface area contributed by atoms with E-state index in [9.17, 15) is 8.78 Å². The second-order valence-corrected chi connectivity index (χ2v) is 5.68. The van der Waals surface area contributed by atoms with Gasteiger partial charge in [0, 0.05) is 15.1 Å². The van der Waals surface area contributed by atoms with Gasteiger partial charge in [0.15, 0.2) is 0 Å². The van der Waals surface area contributed by atoms with E-state index in [2.05, 4.69) is 21.2 Å². The molecule has 2 rings (SSSR count). The molecule has 0 aromatic heterocycles. The van der Waals surface area contributed by atoms with E-state index in [0.717, 1.165) is 4.47 Å². The summed E-state index contributed by atoms with van der Waals surface area (Å²) < 4.78 is 28.7. The van der Waals surface area contributed by atoms with Gasteiger partial charge in [-0.15, -0.1) is 0 Å². The third-order valence-electron chi connectivity index (χ3n) is 2.91. The van der Waals surface area contributed by atoms with Gasteiger partial charge >= 0.3 is 0 Å². The smallest absolute Gasteiger partial charge is 0.131 e. The third kappa shape index (κ3) is 3.37. The molecule has 20 heavy (non-hydrogen) atoms. The van der Waals surface area contributed by atoms with Gasteiger partial charge in [-0.3, -0.25) is 0 Å². The maximum Gasteiger partial charge on any atom is 0.131 e. The zero-order valence-electron chi connectivity index (χ0n) is 10.8. The standard InChI is InChI=1S/C15H13BrClF2N/c1-2-20-15(9-6-10(16)8-11(17)7-9)14-12(18)4-3-5-13(14)19/h3-8,15,20H,2H2,1H3. The number of hydrogen-bond acceptors (Lipinski definition) is 1. The Kier molecular flexibility index (Phi) is 5.13. The van der Waals surface area contributed by atoms with Crippen molar-refractivity contribution >= 4 is 27.5 Å². The van der Waals surface area contributed by atoms with Gasteiger partial charge < -0.3 is 5.32 Å². The fourth-order valence-corrected chi connectivity index (χ4v) is 3.01. The summed E-state index contributed by atoms with van der Waals surface area (Å²) >= 11 is 9.36. The van der Waals surface area contributed by atoms with Crippen LogP contribution in [0.2, 0.25) is 5.02 Å². The number of rotatable bonds is 4. The molecule has 106 valence electrons. The molecule has 1 nitrogen and oxygen atoms in total. The van der Waals surface area contributed by atoms with E-state index in [1.165, 1.54) is 18.2 Å². The first-order valence-electron chi connectivity index (χ1n) is 6.16. The lowest BCUT2D eigenvalue weighted by atomic mass is 9.97. The molecular weight excluding hydrogens is 348 g/mol. The van der Waals surface area contributed by atoms with Crippen molar-refractivity contribution in [3.05, 3.63) is 68.7 Å². The van der Waals surface area contributed by atoms with Gasteiger partial charge in [0.2, 0.25) is 0 Å². The molecule has 5 heteroatoms. The normalized spacial score (nSPS) is 12.4. The first kappa shape index (κ1) is 15.4. The molecule has 0 amide bonds. The first-order chi connectivity index (χ1) is 9.52. The molecule has 0 aliphatic rings. The Morgan fingerprint density at radius 2 is 1.85 bits per heavy atom. The van der Waals surface area contributed by atoms with E-state index >= 15 is 0 Å². The van der Waals surface area contributed by atoms with Crippen LogP contribution in [0, 0.1) is 11.6 Å².